The molecule has 9 heteroatoms. The van der Waals surface area contributed by atoms with E-state index < -0.39 is 23.5 Å². The first-order valence-corrected chi connectivity index (χ1v) is 11.3. The number of thioether (sulfide) groups is 1. The average molecular weight is 442 g/mol. The molecule has 0 radical (unpaired) electrons. The Morgan fingerprint density at radius 2 is 1.97 bits per heavy atom. The van der Waals surface area contributed by atoms with E-state index in [4.69, 9.17) is 4.42 Å². The molecule has 1 aliphatic rings. The molecule has 0 aliphatic carbocycles. The number of hydrogen-bond acceptors (Lipinski definition) is 8. The van der Waals surface area contributed by atoms with Crippen LogP contribution in [0, 0.1) is 0 Å². The highest BCUT2D eigenvalue weighted by atomic mass is 32.2. The maximum Gasteiger partial charge on any atom is 0.296 e. The van der Waals surface area contributed by atoms with Gasteiger partial charge in [0.15, 0.2) is 15.9 Å². The van der Waals surface area contributed by atoms with Gasteiger partial charge in [0.05, 0.1) is 17.9 Å². The minimum Gasteiger partial charge on any atom is -0.503 e. The normalized spacial score (nSPS) is 16.7. The van der Waals surface area contributed by atoms with Crippen molar-refractivity contribution in [2.75, 3.05) is 11.2 Å². The second kappa shape index (κ2) is 8.08. The lowest BCUT2D eigenvalue weighted by molar-refractivity contribution is -0.117. The number of ketones is 1. The van der Waals surface area contributed by atoms with E-state index in [0.29, 0.717) is 21.0 Å². The second-order valence-corrected chi connectivity index (χ2v) is 9.03. The van der Waals surface area contributed by atoms with E-state index in [0.717, 1.165) is 5.56 Å². The molecule has 0 bridgehead atoms. The van der Waals surface area contributed by atoms with Gasteiger partial charge in [-0.2, -0.15) is 0 Å². The molecule has 30 heavy (non-hydrogen) atoms. The Morgan fingerprint density at radius 1 is 1.23 bits per heavy atom. The molecule has 3 heterocycles. The highest BCUT2D eigenvalue weighted by Gasteiger charge is 2.46. The van der Waals surface area contributed by atoms with E-state index >= 15 is 0 Å². The molecule has 0 unspecified atom stereocenters. The van der Waals surface area contributed by atoms with Gasteiger partial charge in [-0.15, -0.1) is 10.2 Å². The highest BCUT2D eigenvalue weighted by Crippen LogP contribution is 2.43. The quantitative estimate of drug-likeness (QED) is 0.335. The monoisotopic (exact) mass is 441 g/mol. The molecule has 0 spiro atoms. The molecule has 3 aromatic rings. The van der Waals surface area contributed by atoms with Crippen LogP contribution in [0.1, 0.15) is 47.5 Å². The fraction of sp³-hybridized carbons (Fsp3) is 0.238. The fourth-order valence-electron chi connectivity index (χ4n) is 3.34. The molecule has 154 valence electrons. The number of carbonyl (C=O) groups is 2. The average Bonchev–Trinajstić information content (AvgIpc) is 3.48. The molecular formula is C21H19N3O4S2. The van der Waals surface area contributed by atoms with Gasteiger partial charge in [0.1, 0.15) is 0 Å². The molecule has 7 nitrogen and oxygen atoms in total. The van der Waals surface area contributed by atoms with E-state index in [1.54, 1.807) is 6.07 Å². The summed E-state index contributed by atoms with van der Waals surface area (Å²) in [6.07, 6.45) is 3.24. The Balaban J connectivity index is 1.84. The van der Waals surface area contributed by atoms with Gasteiger partial charge >= 0.3 is 0 Å². The number of Topliss-reactive ketones (excluding diaryl/α,β-unsaturated/α-hetero) is 1. The lowest BCUT2D eigenvalue weighted by Crippen LogP contribution is -2.31. The largest absolute Gasteiger partial charge is 0.503 e. The Kier molecular flexibility index (Phi) is 5.48. The first-order valence-electron chi connectivity index (χ1n) is 9.24. The van der Waals surface area contributed by atoms with Gasteiger partial charge in [0.2, 0.25) is 10.9 Å². The number of rotatable bonds is 6. The summed E-state index contributed by atoms with van der Waals surface area (Å²) in [5.41, 5.74) is 1.78. The van der Waals surface area contributed by atoms with Gasteiger partial charge in [0, 0.05) is 0 Å². The van der Waals surface area contributed by atoms with Crippen molar-refractivity contribution in [3.63, 3.8) is 0 Å². The molecule has 1 aliphatic heterocycles. The number of benzene rings is 1. The van der Waals surface area contributed by atoms with Gasteiger partial charge in [0.25, 0.3) is 5.91 Å². The third-order valence-electron chi connectivity index (χ3n) is 4.89. The molecule has 1 atom stereocenters. The van der Waals surface area contributed by atoms with Crippen molar-refractivity contribution in [1.29, 1.82) is 0 Å². The molecule has 2 aromatic heterocycles. The molecule has 0 saturated carbocycles. The summed E-state index contributed by atoms with van der Waals surface area (Å²) in [4.78, 5) is 27.5. The number of amides is 1. The molecule has 1 N–H and O–H groups in total. The molecule has 0 saturated heterocycles. The highest BCUT2D eigenvalue weighted by molar-refractivity contribution is 8.00. The Hall–Kier alpha value is -2.91. The maximum atomic E-state index is 13.1. The van der Waals surface area contributed by atoms with E-state index in [9.17, 15) is 14.7 Å². The van der Waals surface area contributed by atoms with Crippen LogP contribution in [-0.4, -0.2) is 33.3 Å². The summed E-state index contributed by atoms with van der Waals surface area (Å²) in [7, 11) is 0. The lowest BCUT2D eigenvalue weighted by atomic mass is 9.93. The molecular weight excluding hydrogens is 422 g/mol. The molecule has 4 rings (SSSR count). The number of carbonyl (C=O) groups excluding carboxylic acids is 2. The van der Waals surface area contributed by atoms with Gasteiger partial charge in [-0.25, -0.2) is 0 Å². The zero-order valence-electron chi connectivity index (χ0n) is 16.5. The summed E-state index contributed by atoms with van der Waals surface area (Å²) in [5, 5.41) is 19.2. The minimum absolute atomic E-state index is 0.0341. The van der Waals surface area contributed by atoms with Crippen LogP contribution in [0.2, 0.25) is 0 Å². The maximum absolute atomic E-state index is 13.1. The summed E-state index contributed by atoms with van der Waals surface area (Å²) in [6.45, 7) is 4.17. The van der Waals surface area contributed by atoms with Crippen LogP contribution < -0.4 is 4.90 Å². The van der Waals surface area contributed by atoms with E-state index in [-0.39, 0.29) is 11.3 Å². The Bertz CT molecular complexity index is 1120. The number of anilines is 1. The number of hydrogen-bond donors (Lipinski definition) is 1. The van der Waals surface area contributed by atoms with Crippen molar-refractivity contribution in [2.45, 2.75) is 30.1 Å². The van der Waals surface area contributed by atoms with Crippen molar-refractivity contribution in [2.24, 2.45) is 0 Å². The minimum atomic E-state index is -0.834. The predicted molar refractivity (Wildman–Crippen MR) is 115 cm³/mol. The zero-order valence-corrected chi connectivity index (χ0v) is 18.2. The van der Waals surface area contributed by atoms with E-state index in [2.05, 4.69) is 24.0 Å². The van der Waals surface area contributed by atoms with Crippen molar-refractivity contribution in [3.8, 4) is 0 Å². The van der Waals surface area contributed by atoms with Crippen LogP contribution in [0.15, 0.2) is 62.8 Å². The molecule has 1 aromatic carbocycles. The van der Waals surface area contributed by atoms with Crippen molar-refractivity contribution in [3.05, 3.63) is 70.9 Å². The molecule has 1 amide bonds. The van der Waals surface area contributed by atoms with E-state index in [1.807, 2.05) is 30.5 Å². The SMILES string of the molecule is CSc1nnc(N2C(=O)C(O)=C(C(=O)c3ccco3)[C@@H]2c2ccc(C(C)C)cc2)s1. The van der Waals surface area contributed by atoms with E-state index in [1.165, 1.54) is 40.3 Å². The number of nitrogens with zero attached hydrogens (tertiary/aromatic N) is 3. The number of aromatic nitrogens is 2. The van der Waals surface area contributed by atoms with Crippen LogP contribution in [-0.2, 0) is 4.79 Å². The van der Waals surface area contributed by atoms with Crippen molar-refractivity contribution < 1.29 is 19.1 Å². The molecule has 0 fully saturated rings. The van der Waals surface area contributed by atoms with Gasteiger partial charge in [-0.05, 0) is 35.4 Å². The second-order valence-electron chi connectivity index (χ2n) is 7.02. The predicted octanol–water partition coefficient (Wildman–Crippen LogP) is 4.76. The first kappa shape index (κ1) is 20.4. The Morgan fingerprint density at radius 3 is 2.53 bits per heavy atom. The van der Waals surface area contributed by atoms with Crippen LogP contribution >= 0.6 is 23.1 Å². The van der Waals surface area contributed by atoms with Crippen molar-refractivity contribution in [1.82, 2.24) is 10.2 Å². The van der Waals surface area contributed by atoms with Crippen LogP contribution in [0.4, 0.5) is 5.13 Å². The fourth-order valence-corrected chi connectivity index (χ4v) is 4.62. The number of aliphatic hydroxyl groups is 1. The Labute approximate surface area is 181 Å². The summed E-state index contributed by atoms with van der Waals surface area (Å²) in [5.74, 6) is -1.44. The van der Waals surface area contributed by atoms with Crippen LogP contribution in [0.3, 0.4) is 0 Å². The summed E-state index contributed by atoms with van der Waals surface area (Å²) < 4.78 is 5.91. The van der Waals surface area contributed by atoms with Crippen LogP contribution in [0.25, 0.3) is 0 Å². The third kappa shape index (κ3) is 3.44. The topological polar surface area (TPSA) is 96.5 Å². The smallest absolute Gasteiger partial charge is 0.296 e. The van der Waals surface area contributed by atoms with Crippen molar-refractivity contribution >= 4 is 39.9 Å². The summed E-state index contributed by atoms with van der Waals surface area (Å²) >= 11 is 2.63. The van der Waals surface area contributed by atoms with Gasteiger partial charge in [-0.3, -0.25) is 14.5 Å². The first-order chi connectivity index (χ1) is 14.4. The standard InChI is InChI=1S/C21H19N3O4S2/c1-11(2)12-6-8-13(9-7-12)16-15(17(25)14-5-4-10-28-14)18(26)19(27)24(16)20-22-23-21(29-3)30-20/h4-11,16,26H,1-3H3/t16-/m0/s1. The number of furan rings is 1. The summed E-state index contributed by atoms with van der Waals surface area (Å²) in [6, 6.07) is 9.91. The lowest BCUT2D eigenvalue weighted by Gasteiger charge is -2.24. The van der Waals surface area contributed by atoms with Gasteiger partial charge in [-0.1, -0.05) is 61.2 Å². The van der Waals surface area contributed by atoms with Crippen LogP contribution in [0.5, 0.6) is 0 Å². The third-order valence-corrected chi connectivity index (χ3v) is 6.79. The van der Waals surface area contributed by atoms with Gasteiger partial charge < -0.3 is 9.52 Å². The number of aliphatic hydroxyl groups excluding tert-OH is 1. The zero-order chi connectivity index (χ0) is 21.4.